The van der Waals surface area contributed by atoms with Gasteiger partial charge in [0, 0.05) is 0 Å². The third-order valence-electron chi connectivity index (χ3n) is 2.45. The predicted molar refractivity (Wildman–Crippen MR) is 61.7 cm³/mol. The summed E-state index contributed by atoms with van der Waals surface area (Å²) in [5, 5.41) is 0. The molecule has 6 heteroatoms. The first-order valence-electron chi connectivity index (χ1n) is 4.76. The van der Waals surface area contributed by atoms with E-state index in [4.69, 9.17) is 0 Å². The van der Waals surface area contributed by atoms with Crippen LogP contribution < -0.4 is 0 Å². The summed E-state index contributed by atoms with van der Waals surface area (Å²) >= 11 is 2.98. The van der Waals surface area contributed by atoms with Crippen LogP contribution in [0.4, 0.5) is 0 Å². The van der Waals surface area contributed by atoms with Gasteiger partial charge in [-0.25, -0.2) is 9.69 Å². The molecule has 0 fully saturated rings. The molecule has 88 valence electrons. The molecule has 0 spiro atoms. The van der Waals surface area contributed by atoms with E-state index in [1.54, 1.807) is 24.3 Å². The van der Waals surface area contributed by atoms with Crippen LogP contribution in [0.5, 0.6) is 0 Å². The zero-order valence-corrected chi connectivity index (χ0v) is 10.4. The number of benzene rings is 1. The van der Waals surface area contributed by atoms with Crippen molar-refractivity contribution in [3.05, 3.63) is 35.4 Å². The van der Waals surface area contributed by atoms with Gasteiger partial charge in [0.2, 0.25) is 0 Å². The highest BCUT2D eigenvalue weighted by Crippen LogP contribution is 2.26. The molecule has 0 saturated heterocycles. The summed E-state index contributed by atoms with van der Waals surface area (Å²) in [7, 11) is 1.19. The van der Waals surface area contributed by atoms with Crippen molar-refractivity contribution in [3.8, 4) is 0 Å². The number of nitrogens with zero attached hydrogens (tertiary/aromatic N) is 1. The third-order valence-corrected chi connectivity index (χ3v) is 3.23. The molecule has 0 radical (unpaired) electrons. The van der Waals surface area contributed by atoms with Gasteiger partial charge in [-0.2, -0.15) is 0 Å². The molecule has 1 aromatic carbocycles. The molecule has 17 heavy (non-hydrogen) atoms. The van der Waals surface area contributed by atoms with E-state index in [2.05, 4.69) is 20.7 Å². The van der Waals surface area contributed by atoms with Gasteiger partial charge in [-0.3, -0.25) is 9.59 Å². The number of ether oxygens (including phenoxy) is 1. The van der Waals surface area contributed by atoms with E-state index >= 15 is 0 Å². The maximum Gasteiger partial charge on any atom is 0.340 e. The molecule has 1 aromatic rings. The minimum atomic E-state index is -1.10. The zero-order chi connectivity index (χ0) is 12.6. The number of hydrogen-bond donors (Lipinski definition) is 0. The number of alkyl halides is 1. The van der Waals surface area contributed by atoms with Gasteiger partial charge in [0.05, 0.1) is 18.2 Å². The fourth-order valence-corrected chi connectivity index (χ4v) is 2.18. The molecular weight excluding hydrogens is 290 g/mol. The lowest BCUT2D eigenvalue weighted by Crippen LogP contribution is -2.41. The number of carbonyl (C=O) groups excluding carboxylic acids is 3. The van der Waals surface area contributed by atoms with Crippen molar-refractivity contribution in [2.45, 2.75) is 4.95 Å². The van der Waals surface area contributed by atoms with E-state index in [1.165, 1.54) is 7.11 Å². The van der Waals surface area contributed by atoms with Crippen LogP contribution >= 0.6 is 15.9 Å². The standard InChI is InChI=1S/C11H8BrNO4/c1-17-11(16)8(12)13-9(14)6-4-2-3-5-7(6)10(13)15/h2-5,8H,1H3. The molecule has 0 bridgehead atoms. The van der Waals surface area contributed by atoms with E-state index in [1.807, 2.05) is 0 Å². The summed E-state index contributed by atoms with van der Waals surface area (Å²) in [6.07, 6.45) is 0. The molecule has 1 unspecified atom stereocenters. The minimum Gasteiger partial charge on any atom is -0.467 e. The topological polar surface area (TPSA) is 63.7 Å². The van der Waals surface area contributed by atoms with Gasteiger partial charge in [-0.1, -0.05) is 28.1 Å². The van der Waals surface area contributed by atoms with Crippen molar-refractivity contribution < 1.29 is 19.1 Å². The molecular formula is C11H8BrNO4. The van der Waals surface area contributed by atoms with Crippen LogP contribution in [-0.2, 0) is 9.53 Å². The predicted octanol–water partition coefficient (Wildman–Crippen LogP) is 1.18. The summed E-state index contributed by atoms with van der Waals surface area (Å²) in [5.41, 5.74) is 0.594. The van der Waals surface area contributed by atoms with Crippen LogP contribution in [-0.4, -0.2) is 34.7 Å². The highest BCUT2D eigenvalue weighted by molar-refractivity contribution is 9.10. The van der Waals surface area contributed by atoms with E-state index in [0.717, 1.165) is 4.90 Å². The Morgan fingerprint density at radius 2 is 1.71 bits per heavy atom. The second-order valence-electron chi connectivity index (χ2n) is 3.38. The molecule has 0 aromatic heterocycles. The maximum absolute atomic E-state index is 11.9. The number of imide groups is 1. The number of carbonyl (C=O) groups is 3. The molecule has 0 saturated carbocycles. The normalized spacial score (nSPS) is 15.8. The Morgan fingerprint density at radius 3 is 2.12 bits per heavy atom. The van der Waals surface area contributed by atoms with Crippen molar-refractivity contribution in [2.75, 3.05) is 7.11 Å². The molecule has 1 atom stereocenters. The average Bonchev–Trinajstić information content (AvgIpc) is 2.61. The summed E-state index contributed by atoms with van der Waals surface area (Å²) < 4.78 is 4.49. The van der Waals surface area contributed by atoms with Crippen LogP contribution in [0.25, 0.3) is 0 Å². The highest BCUT2D eigenvalue weighted by Gasteiger charge is 2.41. The van der Waals surface area contributed by atoms with Gasteiger partial charge in [0.1, 0.15) is 0 Å². The Balaban J connectivity index is 2.40. The Morgan fingerprint density at radius 1 is 1.24 bits per heavy atom. The maximum atomic E-state index is 11.9. The van der Waals surface area contributed by atoms with E-state index in [0.29, 0.717) is 11.1 Å². The fourth-order valence-electron chi connectivity index (χ4n) is 1.62. The lowest BCUT2D eigenvalue weighted by molar-refractivity contribution is -0.141. The summed E-state index contributed by atoms with van der Waals surface area (Å²) in [6.45, 7) is 0. The monoisotopic (exact) mass is 297 g/mol. The number of halogens is 1. The van der Waals surface area contributed by atoms with Crippen molar-refractivity contribution in [3.63, 3.8) is 0 Å². The summed E-state index contributed by atoms with van der Waals surface area (Å²) in [6, 6.07) is 6.42. The third kappa shape index (κ3) is 1.74. The first-order chi connectivity index (χ1) is 8.07. The van der Waals surface area contributed by atoms with E-state index in [-0.39, 0.29) is 0 Å². The van der Waals surface area contributed by atoms with Crippen molar-refractivity contribution >= 4 is 33.7 Å². The van der Waals surface area contributed by atoms with Gasteiger partial charge in [-0.15, -0.1) is 0 Å². The average molecular weight is 298 g/mol. The van der Waals surface area contributed by atoms with Gasteiger partial charge < -0.3 is 4.74 Å². The molecule has 1 heterocycles. The lowest BCUT2D eigenvalue weighted by Gasteiger charge is -2.18. The number of amides is 2. The van der Waals surface area contributed by atoms with Crippen LogP contribution in [0.1, 0.15) is 20.7 Å². The van der Waals surface area contributed by atoms with Crippen molar-refractivity contribution in [2.24, 2.45) is 0 Å². The van der Waals surface area contributed by atoms with Gasteiger partial charge in [0.15, 0.2) is 4.95 Å². The molecule has 0 N–H and O–H groups in total. The number of esters is 1. The summed E-state index contributed by atoms with van der Waals surface area (Å²) in [4.78, 5) is 34.9. The Kier molecular flexibility index (Phi) is 2.97. The van der Waals surface area contributed by atoms with Gasteiger partial charge in [0.25, 0.3) is 11.8 Å². The SMILES string of the molecule is COC(=O)C(Br)N1C(=O)c2ccccc2C1=O. The largest absolute Gasteiger partial charge is 0.467 e. The van der Waals surface area contributed by atoms with Gasteiger partial charge in [-0.05, 0) is 12.1 Å². The molecule has 5 nitrogen and oxygen atoms in total. The fraction of sp³-hybridized carbons (Fsp3) is 0.182. The Labute approximate surface area is 105 Å². The van der Waals surface area contributed by atoms with E-state index in [9.17, 15) is 14.4 Å². The number of fused-ring (bicyclic) bond motifs is 1. The minimum absolute atomic E-state index is 0.297. The number of methoxy groups -OCH3 is 1. The van der Waals surface area contributed by atoms with Crippen LogP contribution in [0.15, 0.2) is 24.3 Å². The van der Waals surface area contributed by atoms with Crippen LogP contribution in [0.3, 0.4) is 0 Å². The number of rotatable bonds is 2. The highest BCUT2D eigenvalue weighted by atomic mass is 79.9. The molecule has 1 aliphatic heterocycles. The second kappa shape index (κ2) is 4.29. The van der Waals surface area contributed by atoms with Crippen molar-refractivity contribution in [1.29, 1.82) is 0 Å². The second-order valence-corrected chi connectivity index (χ2v) is 4.25. The van der Waals surface area contributed by atoms with Crippen LogP contribution in [0.2, 0.25) is 0 Å². The smallest absolute Gasteiger partial charge is 0.340 e. The zero-order valence-electron chi connectivity index (χ0n) is 8.84. The van der Waals surface area contributed by atoms with E-state index < -0.39 is 22.7 Å². The molecule has 2 amide bonds. The molecule has 1 aliphatic rings. The molecule has 0 aliphatic carbocycles. The van der Waals surface area contributed by atoms with Crippen molar-refractivity contribution in [1.82, 2.24) is 4.90 Å². The van der Waals surface area contributed by atoms with Crippen LogP contribution in [0, 0.1) is 0 Å². The Hall–Kier alpha value is -1.69. The quantitative estimate of drug-likeness (QED) is 0.356. The van der Waals surface area contributed by atoms with Gasteiger partial charge >= 0.3 is 5.97 Å². The Bertz CT molecular complexity index is 479. The number of hydrogen-bond acceptors (Lipinski definition) is 4. The first kappa shape index (κ1) is 11.8. The lowest BCUT2D eigenvalue weighted by atomic mass is 10.1. The first-order valence-corrected chi connectivity index (χ1v) is 5.68. The summed E-state index contributed by atoms with van der Waals surface area (Å²) in [5.74, 6) is -1.70. The molecule has 2 rings (SSSR count).